The van der Waals surface area contributed by atoms with E-state index in [4.69, 9.17) is 9.84 Å². The van der Waals surface area contributed by atoms with Gasteiger partial charge in [0.05, 0.1) is 18.8 Å². The number of rotatable bonds is 8. The van der Waals surface area contributed by atoms with E-state index in [9.17, 15) is 4.79 Å². The van der Waals surface area contributed by atoms with Crippen molar-refractivity contribution in [2.75, 3.05) is 19.7 Å². The number of aromatic nitrogens is 3. The molecule has 1 aromatic rings. The number of carbonyl (C=O) groups is 1. The summed E-state index contributed by atoms with van der Waals surface area (Å²) in [5.74, 6) is 0. The number of nitrogens with one attached hydrogen (secondary N) is 1. The van der Waals surface area contributed by atoms with E-state index in [1.54, 1.807) is 15.8 Å². The second kappa shape index (κ2) is 8.83. The third-order valence-electron chi connectivity index (χ3n) is 3.00. The molecule has 0 aliphatic carbocycles. The van der Waals surface area contributed by atoms with Gasteiger partial charge in [0.25, 0.3) is 0 Å². The zero-order valence-corrected chi connectivity index (χ0v) is 14.7. The highest BCUT2D eigenvalue weighted by Gasteiger charge is 2.23. The van der Waals surface area contributed by atoms with Crippen molar-refractivity contribution in [3.8, 4) is 0 Å². The van der Waals surface area contributed by atoms with Crippen molar-refractivity contribution in [3.05, 3.63) is 11.9 Å². The van der Waals surface area contributed by atoms with Crippen LogP contribution >= 0.6 is 0 Å². The minimum atomic E-state index is -0.497. The lowest BCUT2D eigenvalue weighted by Gasteiger charge is -2.30. The monoisotopic (exact) mass is 327 g/mol. The normalized spacial score (nSPS) is 11.8. The van der Waals surface area contributed by atoms with E-state index in [0.717, 1.165) is 5.69 Å². The van der Waals surface area contributed by atoms with E-state index in [0.29, 0.717) is 26.2 Å². The maximum absolute atomic E-state index is 12.2. The van der Waals surface area contributed by atoms with Gasteiger partial charge in [0.1, 0.15) is 5.60 Å². The molecule has 2 N–H and O–H groups in total. The number of hydrogen-bond donors (Lipinski definition) is 2. The lowest BCUT2D eigenvalue weighted by Crippen LogP contribution is -2.44. The Morgan fingerprint density at radius 2 is 2.17 bits per heavy atom. The Balaban J connectivity index is 2.39. The number of aliphatic hydroxyl groups excluding tert-OH is 1. The summed E-state index contributed by atoms with van der Waals surface area (Å²) in [6, 6.07) is 0.0667. The summed E-state index contributed by atoms with van der Waals surface area (Å²) in [5, 5.41) is 20.0. The summed E-state index contributed by atoms with van der Waals surface area (Å²) in [6.07, 6.45) is 1.49. The molecule has 0 radical (unpaired) electrons. The molecule has 1 heterocycles. The fraction of sp³-hybridized carbons (Fsp3) is 0.800. The first-order valence-electron chi connectivity index (χ1n) is 7.93. The zero-order chi connectivity index (χ0) is 17.5. The minimum Gasteiger partial charge on any atom is -0.444 e. The molecule has 0 fully saturated rings. The van der Waals surface area contributed by atoms with Gasteiger partial charge < -0.3 is 20.1 Å². The zero-order valence-electron chi connectivity index (χ0n) is 14.7. The highest BCUT2D eigenvalue weighted by atomic mass is 16.6. The summed E-state index contributed by atoms with van der Waals surface area (Å²) >= 11 is 0. The molecule has 132 valence electrons. The quantitative estimate of drug-likeness (QED) is 0.692. The molecule has 0 aliphatic rings. The van der Waals surface area contributed by atoms with Gasteiger partial charge in [-0.2, -0.15) is 0 Å². The van der Waals surface area contributed by atoms with Crippen LogP contribution in [0.4, 0.5) is 4.79 Å². The molecule has 8 heteroatoms. The largest absolute Gasteiger partial charge is 0.444 e. The SMILES string of the molecule is CC(C)N(CCNCc1cn(CCO)nn1)C(=O)OC(C)(C)C. The van der Waals surface area contributed by atoms with Crippen molar-refractivity contribution in [2.24, 2.45) is 0 Å². The Hall–Kier alpha value is -1.67. The standard InChI is InChI=1S/C15H29N5O3/c1-12(2)20(14(22)23-15(3,4)5)7-6-16-10-13-11-19(8-9-21)18-17-13/h11-12,16,21H,6-10H2,1-5H3. The average Bonchev–Trinajstić information content (AvgIpc) is 2.84. The number of nitrogens with zero attached hydrogens (tertiary/aromatic N) is 4. The summed E-state index contributed by atoms with van der Waals surface area (Å²) in [6.45, 7) is 11.7. The summed E-state index contributed by atoms with van der Waals surface area (Å²) in [4.78, 5) is 13.9. The molecule has 0 atom stereocenters. The van der Waals surface area contributed by atoms with Crippen LogP contribution in [0.2, 0.25) is 0 Å². The van der Waals surface area contributed by atoms with Crippen LogP contribution in [0.1, 0.15) is 40.3 Å². The first-order chi connectivity index (χ1) is 10.7. The van der Waals surface area contributed by atoms with Gasteiger partial charge in [0, 0.05) is 31.9 Å². The molecular formula is C15H29N5O3. The Labute approximate surface area is 137 Å². The third kappa shape index (κ3) is 7.43. The van der Waals surface area contributed by atoms with Crippen LogP contribution in [-0.4, -0.2) is 62.4 Å². The lowest BCUT2D eigenvalue weighted by atomic mass is 10.2. The molecule has 0 bridgehead atoms. The number of amides is 1. The van der Waals surface area contributed by atoms with Gasteiger partial charge in [-0.3, -0.25) is 0 Å². The molecule has 1 amide bonds. The predicted octanol–water partition coefficient (Wildman–Crippen LogP) is 1.01. The molecule has 0 unspecified atom stereocenters. The molecule has 1 rings (SSSR count). The molecular weight excluding hydrogens is 298 g/mol. The molecule has 0 aliphatic heterocycles. The van der Waals surface area contributed by atoms with E-state index in [-0.39, 0.29) is 18.7 Å². The van der Waals surface area contributed by atoms with Gasteiger partial charge in [0.15, 0.2) is 0 Å². The Morgan fingerprint density at radius 1 is 1.48 bits per heavy atom. The first kappa shape index (κ1) is 19.4. The predicted molar refractivity (Wildman–Crippen MR) is 86.9 cm³/mol. The molecule has 0 saturated carbocycles. The van der Waals surface area contributed by atoms with E-state index in [2.05, 4.69) is 15.6 Å². The van der Waals surface area contributed by atoms with Gasteiger partial charge in [-0.1, -0.05) is 5.21 Å². The van der Waals surface area contributed by atoms with Crippen molar-refractivity contribution in [2.45, 2.75) is 59.4 Å². The number of ether oxygens (including phenoxy) is 1. The van der Waals surface area contributed by atoms with Gasteiger partial charge in [-0.25, -0.2) is 9.48 Å². The Bertz CT molecular complexity index is 482. The van der Waals surface area contributed by atoms with Crippen molar-refractivity contribution in [1.82, 2.24) is 25.2 Å². The van der Waals surface area contributed by atoms with E-state index < -0.39 is 5.60 Å². The Kier molecular flexibility index (Phi) is 7.44. The van der Waals surface area contributed by atoms with Crippen molar-refractivity contribution >= 4 is 6.09 Å². The smallest absolute Gasteiger partial charge is 0.410 e. The van der Waals surface area contributed by atoms with Gasteiger partial charge in [-0.05, 0) is 34.6 Å². The molecule has 23 heavy (non-hydrogen) atoms. The lowest BCUT2D eigenvalue weighted by molar-refractivity contribution is 0.0193. The second-order valence-corrected chi connectivity index (χ2v) is 6.64. The topological polar surface area (TPSA) is 92.5 Å². The van der Waals surface area contributed by atoms with Crippen LogP contribution in [0.15, 0.2) is 6.20 Å². The van der Waals surface area contributed by atoms with Crippen LogP contribution in [0.3, 0.4) is 0 Å². The molecule has 8 nitrogen and oxygen atoms in total. The number of carbonyl (C=O) groups excluding carboxylic acids is 1. The van der Waals surface area contributed by atoms with Gasteiger partial charge >= 0.3 is 6.09 Å². The minimum absolute atomic E-state index is 0.0372. The van der Waals surface area contributed by atoms with E-state index in [1.807, 2.05) is 34.6 Å². The molecule has 1 aromatic heterocycles. The van der Waals surface area contributed by atoms with Crippen LogP contribution in [0.5, 0.6) is 0 Å². The number of hydrogen-bond acceptors (Lipinski definition) is 6. The average molecular weight is 327 g/mol. The maximum atomic E-state index is 12.2. The maximum Gasteiger partial charge on any atom is 0.410 e. The third-order valence-corrected chi connectivity index (χ3v) is 3.00. The van der Waals surface area contributed by atoms with Gasteiger partial charge in [0.2, 0.25) is 0 Å². The first-order valence-corrected chi connectivity index (χ1v) is 7.93. The number of aliphatic hydroxyl groups is 1. The van der Waals surface area contributed by atoms with Crippen molar-refractivity contribution in [3.63, 3.8) is 0 Å². The fourth-order valence-corrected chi connectivity index (χ4v) is 1.93. The highest BCUT2D eigenvalue weighted by molar-refractivity contribution is 5.68. The Morgan fingerprint density at radius 3 is 2.74 bits per heavy atom. The summed E-state index contributed by atoms with van der Waals surface area (Å²) < 4.78 is 7.01. The van der Waals surface area contributed by atoms with E-state index >= 15 is 0 Å². The molecule has 0 spiro atoms. The van der Waals surface area contributed by atoms with Crippen LogP contribution in [0, 0.1) is 0 Å². The second-order valence-electron chi connectivity index (χ2n) is 6.64. The van der Waals surface area contributed by atoms with Crippen LogP contribution in [-0.2, 0) is 17.8 Å². The van der Waals surface area contributed by atoms with Gasteiger partial charge in [-0.15, -0.1) is 5.10 Å². The molecule has 0 saturated heterocycles. The fourth-order valence-electron chi connectivity index (χ4n) is 1.93. The molecule has 0 aromatic carbocycles. The van der Waals surface area contributed by atoms with Crippen LogP contribution < -0.4 is 5.32 Å². The highest BCUT2D eigenvalue weighted by Crippen LogP contribution is 2.11. The van der Waals surface area contributed by atoms with Crippen molar-refractivity contribution < 1.29 is 14.6 Å². The van der Waals surface area contributed by atoms with Crippen molar-refractivity contribution in [1.29, 1.82) is 0 Å². The van der Waals surface area contributed by atoms with Crippen LogP contribution in [0.25, 0.3) is 0 Å². The van der Waals surface area contributed by atoms with E-state index in [1.165, 1.54) is 0 Å². The summed E-state index contributed by atoms with van der Waals surface area (Å²) in [7, 11) is 0. The summed E-state index contributed by atoms with van der Waals surface area (Å²) in [5.41, 5.74) is 0.301.